The van der Waals surface area contributed by atoms with E-state index in [1.165, 1.54) is 19.3 Å². The van der Waals surface area contributed by atoms with Gasteiger partial charge in [-0.1, -0.05) is 38.0 Å². The van der Waals surface area contributed by atoms with Crippen molar-refractivity contribution in [2.75, 3.05) is 32.5 Å². The molecule has 5 heteroatoms. The van der Waals surface area contributed by atoms with E-state index in [1.807, 2.05) is 29.2 Å². The molecule has 1 fully saturated rings. The number of likely N-dealkylation sites (N-methyl/N-ethyl adjacent to an activating group) is 1. The number of urea groups is 1. The average molecular weight is 345 g/mol. The lowest BCUT2D eigenvalue weighted by Gasteiger charge is -2.22. The number of para-hydroxylation sites is 1. The minimum Gasteiger partial charge on any atom is -0.349 e. The molecule has 1 atom stereocenters. The molecule has 0 unspecified atom stereocenters. The standard InChI is InChI=1S/C20H31N3O2/c1-4-8-16-9-7-13-23(14-12-16)20(25)21-18-11-6-5-10-17(18)15-19(24)22(2)3/h5-6,10-11,16H,4,7-9,12-15H2,1-3H3,(H,21,25)/t16-/m1/s1. The maximum Gasteiger partial charge on any atom is 0.321 e. The Hall–Kier alpha value is -2.04. The highest BCUT2D eigenvalue weighted by Gasteiger charge is 2.21. The van der Waals surface area contributed by atoms with Crippen LogP contribution in [0.15, 0.2) is 24.3 Å². The van der Waals surface area contributed by atoms with E-state index in [0.29, 0.717) is 6.42 Å². The summed E-state index contributed by atoms with van der Waals surface area (Å²) < 4.78 is 0. The Kier molecular flexibility index (Phi) is 7.29. The highest BCUT2D eigenvalue weighted by molar-refractivity contribution is 5.91. The summed E-state index contributed by atoms with van der Waals surface area (Å²) in [7, 11) is 3.49. The van der Waals surface area contributed by atoms with E-state index in [9.17, 15) is 9.59 Å². The van der Waals surface area contributed by atoms with Gasteiger partial charge in [-0.05, 0) is 36.8 Å². The van der Waals surface area contributed by atoms with Crippen LogP contribution in [0.1, 0.15) is 44.6 Å². The maximum atomic E-state index is 12.7. The zero-order chi connectivity index (χ0) is 18.2. The molecule has 1 heterocycles. The van der Waals surface area contributed by atoms with Crippen LogP contribution < -0.4 is 5.32 Å². The first-order valence-electron chi connectivity index (χ1n) is 9.35. The van der Waals surface area contributed by atoms with Crippen LogP contribution in [0, 0.1) is 5.92 Å². The molecule has 1 aromatic carbocycles. The third-order valence-corrected chi connectivity index (χ3v) is 4.93. The van der Waals surface area contributed by atoms with Crippen molar-refractivity contribution in [3.63, 3.8) is 0 Å². The fourth-order valence-corrected chi connectivity index (χ4v) is 3.38. The summed E-state index contributed by atoms with van der Waals surface area (Å²) in [5.41, 5.74) is 1.59. The molecule has 0 aliphatic carbocycles. The van der Waals surface area contributed by atoms with Crippen molar-refractivity contribution in [2.24, 2.45) is 5.92 Å². The number of hydrogen-bond donors (Lipinski definition) is 1. The van der Waals surface area contributed by atoms with Gasteiger partial charge in [-0.2, -0.15) is 0 Å². The topological polar surface area (TPSA) is 52.7 Å². The highest BCUT2D eigenvalue weighted by atomic mass is 16.2. The van der Waals surface area contributed by atoms with Gasteiger partial charge >= 0.3 is 6.03 Å². The van der Waals surface area contributed by atoms with E-state index in [2.05, 4.69) is 12.2 Å². The van der Waals surface area contributed by atoms with E-state index < -0.39 is 0 Å². The smallest absolute Gasteiger partial charge is 0.321 e. The van der Waals surface area contributed by atoms with Gasteiger partial charge < -0.3 is 15.1 Å². The molecule has 1 N–H and O–H groups in total. The fourth-order valence-electron chi connectivity index (χ4n) is 3.38. The van der Waals surface area contributed by atoms with Crippen LogP contribution in [0.25, 0.3) is 0 Å². The van der Waals surface area contributed by atoms with Gasteiger partial charge in [0.15, 0.2) is 0 Å². The second-order valence-corrected chi connectivity index (χ2v) is 7.12. The molecule has 1 aliphatic heterocycles. The Morgan fingerprint density at radius 1 is 1.20 bits per heavy atom. The maximum absolute atomic E-state index is 12.7. The van der Waals surface area contributed by atoms with Gasteiger partial charge in [-0.3, -0.25) is 4.79 Å². The number of benzene rings is 1. The Bertz CT molecular complexity index is 586. The molecule has 0 saturated carbocycles. The van der Waals surface area contributed by atoms with E-state index >= 15 is 0 Å². The largest absolute Gasteiger partial charge is 0.349 e. The molecule has 5 nitrogen and oxygen atoms in total. The molecule has 3 amide bonds. The fraction of sp³-hybridized carbons (Fsp3) is 0.600. The molecular formula is C20H31N3O2. The van der Waals surface area contributed by atoms with Crippen LogP contribution in [0.2, 0.25) is 0 Å². The molecular weight excluding hydrogens is 314 g/mol. The zero-order valence-electron chi connectivity index (χ0n) is 15.8. The number of carbonyl (C=O) groups is 2. The summed E-state index contributed by atoms with van der Waals surface area (Å²) in [6.07, 6.45) is 6.13. The van der Waals surface area contributed by atoms with Crippen molar-refractivity contribution in [3.8, 4) is 0 Å². The average Bonchev–Trinajstić information content (AvgIpc) is 2.82. The monoisotopic (exact) mass is 345 g/mol. The van der Waals surface area contributed by atoms with Crippen LogP contribution in [0.3, 0.4) is 0 Å². The molecule has 2 rings (SSSR count). The third-order valence-electron chi connectivity index (χ3n) is 4.93. The summed E-state index contributed by atoms with van der Waals surface area (Å²) >= 11 is 0. The molecule has 0 radical (unpaired) electrons. The van der Waals surface area contributed by atoms with E-state index in [-0.39, 0.29) is 11.9 Å². The predicted molar refractivity (Wildman–Crippen MR) is 102 cm³/mol. The van der Waals surface area contributed by atoms with Gasteiger partial charge in [-0.15, -0.1) is 0 Å². The molecule has 1 aliphatic rings. The van der Waals surface area contributed by atoms with Gasteiger partial charge in [0.2, 0.25) is 5.91 Å². The predicted octanol–water partition coefficient (Wildman–Crippen LogP) is 3.75. The summed E-state index contributed by atoms with van der Waals surface area (Å²) in [4.78, 5) is 28.2. The molecule has 1 saturated heterocycles. The molecule has 25 heavy (non-hydrogen) atoms. The molecule has 138 valence electrons. The lowest BCUT2D eigenvalue weighted by molar-refractivity contribution is -0.127. The van der Waals surface area contributed by atoms with E-state index in [0.717, 1.165) is 43.1 Å². The molecule has 0 aromatic heterocycles. The Morgan fingerprint density at radius 3 is 2.68 bits per heavy atom. The van der Waals surface area contributed by atoms with Gasteiger partial charge in [0, 0.05) is 32.9 Å². The normalized spacial score (nSPS) is 17.7. The van der Waals surface area contributed by atoms with Gasteiger partial charge in [-0.25, -0.2) is 4.79 Å². The van der Waals surface area contributed by atoms with Crippen LogP contribution in [0.4, 0.5) is 10.5 Å². The number of nitrogens with zero attached hydrogens (tertiary/aromatic N) is 2. The van der Waals surface area contributed by atoms with Crippen LogP contribution in [-0.4, -0.2) is 48.9 Å². The van der Waals surface area contributed by atoms with Crippen LogP contribution in [0.5, 0.6) is 0 Å². The number of hydrogen-bond acceptors (Lipinski definition) is 2. The van der Waals surface area contributed by atoms with Crippen molar-refractivity contribution in [2.45, 2.75) is 45.4 Å². The number of rotatable bonds is 5. The van der Waals surface area contributed by atoms with Crippen molar-refractivity contribution >= 4 is 17.6 Å². The van der Waals surface area contributed by atoms with Crippen LogP contribution in [-0.2, 0) is 11.2 Å². The number of carbonyl (C=O) groups excluding carboxylic acids is 2. The minimum atomic E-state index is -0.0538. The Balaban J connectivity index is 1.99. The van der Waals surface area contributed by atoms with Crippen molar-refractivity contribution in [1.82, 2.24) is 9.80 Å². The van der Waals surface area contributed by atoms with E-state index in [1.54, 1.807) is 19.0 Å². The van der Waals surface area contributed by atoms with Gasteiger partial charge in [0.05, 0.1) is 6.42 Å². The Labute approximate surface area is 151 Å². The van der Waals surface area contributed by atoms with E-state index in [4.69, 9.17) is 0 Å². The lowest BCUT2D eigenvalue weighted by atomic mass is 9.96. The van der Waals surface area contributed by atoms with Crippen LogP contribution >= 0.6 is 0 Å². The number of nitrogens with one attached hydrogen (secondary N) is 1. The zero-order valence-corrected chi connectivity index (χ0v) is 15.8. The molecule has 0 bridgehead atoms. The van der Waals surface area contributed by atoms with Crippen molar-refractivity contribution < 1.29 is 9.59 Å². The third kappa shape index (κ3) is 5.76. The second-order valence-electron chi connectivity index (χ2n) is 7.12. The molecule has 1 aromatic rings. The molecule has 0 spiro atoms. The summed E-state index contributed by atoms with van der Waals surface area (Å²) in [5, 5.41) is 3.02. The van der Waals surface area contributed by atoms with Gasteiger partial charge in [0.1, 0.15) is 0 Å². The first kappa shape index (κ1) is 19.3. The summed E-state index contributed by atoms with van der Waals surface area (Å²) in [5.74, 6) is 0.770. The Morgan fingerprint density at radius 2 is 1.96 bits per heavy atom. The van der Waals surface area contributed by atoms with Crippen molar-refractivity contribution in [3.05, 3.63) is 29.8 Å². The number of anilines is 1. The lowest BCUT2D eigenvalue weighted by Crippen LogP contribution is -2.36. The SMILES string of the molecule is CCC[C@@H]1CCCN(C(=O)Nc2ccccc2CC(=O)N(C)C)CC1. The minimum absolute atomic E-state index is 0.0267. The first-order chi connectivity index (χ1) is 12.0. The van der Waals surface area contributed by atoms with Gasteiger partial charge in [0.25, 0.3) is 0 Å². The highest BCUT2D eigenvalue weighted by Crippen LogP contribution is 2.23. The quantitative estimate of drug-likeness (QED) is 0.883. The second kappa shape index (κ2) is 9.44. The number of likely N-dealkylation sites (tertiary alicyclic amines) is 1. The number of amides is 3. The van der Waals surface area contributed by atoms with Crippen molar-refractivity contribution in [1.29, 1.82) is 0 Å². The first-order valence-corrected chi connectivity index (χ1v) is 9.35. The summed E-state index contributed by atoms with van der Waals surface area (Å²) in [6.45, 7) is 3.85. The summed E-state index contributed by atoms with van der Waals surface area (Å²) in [6, 6.07) is 7.50.